The molecule has 2 N–H and O–H groups in total. The highest BCUT2D eigenvalue weighted by Crippen LogP contribution is 2.32. The first-order valence-electron chi connectivity index (χ1n) is 6.45. The first-order valence-corrected chi connectivity index (χ1v) is 10.4. The van der Waals surface area contributed by atoms with Gasteiger partial charge in [0.15, 0.2) is 9.84 Å². The van der Waals surface area contributed by atoms with Crippen LogP contribution in [-0.2, 0) is 16.3 Å². The lowest BCUT2D eigenvalue weighted by molar-refractivity contribution is 0.584. The Hall–Kier alpha value is -0.240. The van der Waals surface area contributed by atoms with Crippen molar-refractivity contribution in [3.05, 3.63) is 28.2 Å². The number of nitrogens with zero attached hydrogens (tertiary/aromatic N) is 1. The number of benzene rings is 1. The van der Waals surface area contributed by atoms with Crippen LogP contribution >= 0.6 is 27.7 Å². The maximum atomic E-state index is 12.0. The molecule has 1 aromatic carbocycles. The third-order valence-corrected chi connectivity index (χ3v) is 6.49. The standard InChI is InChI=1S/C13H19BrN2O2S2/c1-20(17,18)13-9-19-7-6-16(13)12-8-11(14)3-2-10(12)4-5-15/h2-3,8,13H,4-7,9,15H2,1H3. The van der Waals surface area contributed by atoms with E-state index in [9.17, 15) is 8.42 Å². The molecule has 0 bridgehead atoms. The van der Waals surface area contributed by atoms with Gasteiger partial charge in [-0.15, -0.1) is 0 Å². The Bertz CT molecular complexity index is 578. The van der Waals surface area contributed by atoms with Gasteiger partial charge in [0.2, 0.25) is 0 Å². The number of halogens is 1. The zero-order valence-corrected chi connectivity index (χ0v) is 14.6. The van der Waals surface area contributed by atoms with E-state index in [1.54, 1.807) is 11.8 Å². The molecule has 0 radical (unpaired) electrons. The molecule has 1 aliphatic heterocycles. The molecule has 0 aliphatic carbocycles. The lowest BCUT2D eigenvalue weighted by atomic mass is 10.1. The van der Waals surface area contributed by atoms with Crippen molar-refractivity contribution in [2.24, 2.45) is 5.73 Å². The van der Waals surface area contributed by atoms with E-state index < -0.39 is 15.2 Å². The Kier molecular flexibility index (Phi) is 5.39. The summed E-state index contributed by atoms with van der Waals surface area (Å²) >= 11 is 5.17. The molecule has 1 fully saturated rings. The van der Waals surface area contributed by atoms with Gasteiger partial charge in [0.25, 0.3) is 0 Å². The molecule has 1 aliphatic rings. The zero-order chi connectivity index (χ0) is 14.8. The summed E-state index contributed by atoms with van der Waals surface area (Å²) in [7, 11) is -3.11. The quantitative estimate of drug-likeness (QED) is 0.866. The molecular formula is C13H19BrN2O2S2. The zero-order valence-electron chi connectivity index (χ0n) is 11.4. The van der Waals surface area contributed by atoms with Crippen LogP contribution in [-0.4, -0.2) is 44.6 Å². The van der Waals surface area contributed by atoms with Crippen molar-refractivity contribution in [2.45, 2.75) is 11.8 Å². The van der Waals surface area contributed by atoms with Crippen LogP contribution in [0, 0.1) is 0 Å². The van der Waals surface area contributed by atoms with Crippen LogP contribution in [0.1, 0.15) is 5.56 Å². The van der Waals surface area contributed by atoms with Gasteiger partial charge in [-0.2, -0.15) is 11.8 Å². The van der Waals surface area contributed by atoms with E-state index >= 15 is 0 Å². The van der Waals surface area contributed by atoms with Gasteiger partial charge >= 0.3 is 0 Å². The van der Waals surface area contributed by atoms with Crippen LogP contribution in [0.15, 0.2) is 22.7 Å². The highest BCUT2D eigenvalue weighted by atomic mass is 79.9. The van der Waals surface area contributed by atoms with Crippen molar-refractivity contribution >= 4 is 43.2 Å². The second-order valence-corrected chi connectivity index (χ2v) is 9.13. The summed E-state index contributed by atoms with van der Waals surface area (Å²) in [6, 6.07) is 6.00. The minimum Gasteiger partial charge on any atom is -0.353 e. The number of sulfone groups is 1. The largest absolute Gasteiger partial charge is 0.353 e. The average Bonchev–Trinajstić information content (AvgIpc) is 2.40. The lowest BCUT2D eigenvalue weighted by Gasteiger charge is -2.37. The van der Waals surface area contributed by atoms with Crippen molar-refractivity contribution in [1.82, 2.24) is 0 Å². The van der Waals surface area contributed by atoms with Gasteiger partial charge in [0, 0.05) is 34.5 Å². The molecule has 4 nitrogen and oxygen atoms in total. The minimum atomic E-state index is -3.11. The topological polar surface area (TPSA) is 63.4 Å². The fourth-order valence-electron chi connectivity index (χ4n) is 2.38. The van der Waals surface area contributed by atoms with Gasteiger partial charge < -0.3 is 10.6 Å². The van der Waals surface area contributed by atoms with E-state index in [-0.39, 0.29) is 0 Å². The SMILES string of the molecule is CS(=O)(=O)C1CSCCN1c1cc(Br)ccc1CCN. The van der Waals surface area contributed by atoms with Crippen molar-refractivity contribution in [1.29, 1.82) is 0 Å². The van der Waals surface area contributed by atoms with E-state index in [1.807, 2.05) is 23.1 Å². The molecule has 1 saturated heterocycles. The van der Waals surface area contributed by atoms with E-state index in [2.05, 4.69) is 15.9 Å². The Labute approximate surface area is 133 Å². The molecule has 1 unspecified atom stereocenters. The summed E-state index contributed by atoms with van der Waals surface area (Å²) in [4.78, 5) is 2.02. The summed E-state index contributed by atoms with van der Waals surface area (Å²) in [6.45, 7) is 1.30. The molecular weight excluding hydrogens is 360 g/mol. The normalized spacial score (nSPS) is 20.1. The summed E-state index contributed by atoms with van der Waals surface area (Å²) in [6.07, 6.45) is 2.07. The van der Waals surface area contributed by atoms with Crippen molar-refractivity contribution in [3.63, 3.8) is 0 Å². The third kappa shape index (κ3) is 3.69. The number of anilines is 1. The second-order valence-electron chi connectivity index (χ2n) is 4.86. The van der Waals surface area contributed by atoms with Crippen molar-refractivity contribution < 1.29 is 8.42 Å². The molecule has 20 heavy (non-hydrogen) atoms. The molecule has 2 rings (SSSR count). The summed E-state index contributed by atoms with van der Waals surface area (Å²) in [5, 5.41) is -0.452. The van der Waals surface area contributed by atoms with Crippen LogP contribution in [0.25, 0.3) is 0 Å². The highest BCUT2D eigenvalue weighted by Gasteiger charge is 2.32. The molecule has 1 heterocycles. The lowest BCUT2D eigenvalue weighted by Crippen LogP contribution is -2.47. The molecule has 7 heteroatoms. The van der Waals surface area contributed by atoms with Gasteiger partial charge in [-0.1, -0.05) is 22.0 Å². The maximum absolute atomic E-state index is 12.0. The van der Waals surface area contributed by atoms with E-state index in [0.717, 1.165) is 34.4 Å². The molecule has 112 valence electrons. The third-order valence-electron chi connectivity index (χ3n) is 3.35. The second kappa shape index (κ2) is 6.68. The smallest absolute Gasteiger partial charge is 0.169 e. The number of hydrogen-bond acceptors (Lipinski definition) is 5. The molecule has 0 spiro atoms. The van der Waals surface area contributed by atoms with Crippen LogP contribution < -0.4 is 10.6 Å². The average molecular weight is 379 g/mol. The molecule has 0 aromatic heterocycles. The first-order chi connectivity index (χ1) is 9.43. The van der Waals surface area contributed by atoms with E-state index in [4.69, 9.17) is 5.73 Å². The molecule has 0 saturated carbocycles. The fourth-order valence-corrected chi connectivity index (χ4v) is 5.56. The maximum Gasteiger partial charge on any atom is 0.169 e. The number of rotatable bonds is 4. The predicted octanol–water partition coefficient (Wildman–Crippen LogP) is 1.87. The summed E-state index contributed by atoms with van der Waals surface area (Å²) < 4.78 is 25.0. The molecule has 1 atom stereocenters. The number of hydrogen-bond donors (Lipinski definition) is 1. The monoisotopic (exact) mass is 378 g/mol. The Morgan fingerprint density at radius 3 is 2.90 bits per heavy atom. The van der Waals surface area contributed by atoms with Gasteiger partial charge in [-0.05, 0) is 30.7 Å². The Balaban J connectivity index is 2.44. The Morgan fingerprint density at radius 2 is 2.25 bits per heavy atom. The summed E-state index contributed by atoms with van der Waals surface area (Å²) in [5.41, 5.74) is 7.76. The molecule has 0 amide bonds. The molecule has 1 aromatic rings. The van der Waals surface area contributed by atoms with Crippen molar-refractivity contribution in [3.8, 4) is 0 Å². The highest BCUT2D eigenvalue weighted by molar-refractivity contribution is 9.10. The van der Waals surface area contributed by atoms with Gasteiger partial charge in [0.1, 0.15) is 5.37 Å². The van der Waals surface area contributed by atoms with Crippen LogP contribution in [0.2, 0.25) is 0 Å². The van der Waals surface area contributed by atoms with E-state index in [0.29, 0.717) is 12.3 Å². The Morgan fingerprint density at radius 1 is 1.50 bits per heavy atom. The van der Waals surface area contributed by atoms with E-state index in [1.165, 1.54) is 6.26 Å². The first kappa shape index (κ1) is 16.1. The number of thioether (sulfide) groups is 1. The van der Waals surface area contributed by atoms with Gasteiger partial charge in [0.05, 0.1) is 0 Å². The predicted molar refractivity (Wildman–Crippen MR) is 90.2 cm³/mol. The van der Waals surface area contributed by atoms with Gasteiger partial charge in [-0.3, -0.25) is 0 Å². The minimum absolute atomic E-state index is 0.452. The van der Waals surface area contributed by atoms with Crippen molar-refractivity contribution in [2.75, 3.05) is 35.8 Å². The van der Waals surface area contributed by atoms with Gasteiger partial charge in [-0.25, -0.2) is 8.42 Å². The summed E-state index contributed by atoms with van der Waals surface area (Å²) in [5.74, 6) is 1.56. The van der Waals surface area contributed by atoms with Crippen LogP contribution in [0.4, 0.5) is 5.69 Å². The fraction of sp³-hybridized carbons (Fsp3) is 0.538. The number of nitrogens with two attached hydrogens (primary N) is 1. The van der Waals surface area contributed by atoms with Crippen LogP contribution in [0.3, 0.4) is 0 Å². The van der Waals surface area contributed by atoms with Crippen LogP contribution in [0.5, 0.6) is 0 Å².